The van der Waals surface area contributed by atoms with Crippen LogP contribution in [0.15, 0.2) is 12.2 Å². The highest BCUT2D eigenvalue weighted by Gasteiger charge is 2.46. The van der Waals surface area contributed by atoms with Crippen molar-refractivity contribution in [1.29, 1.82) is 0 Å². The first kappa shape index (κ1) is 14.3. The maximum Gasteiger partial charge on any atom is 0.305 e. The van der Waals surface area contributed by atoms with Crippen LogP contribution in [0.4, 0.5) is 0 Å². The number of unbranched alkanes of at least 4 members (excludes halogenated alkanes) is 1. The zero-order chi connectivity index (χ0) is 13.7. The molecule has 0 N–H and O–H groups in total. The number of rotatable bonds is 7. The highest BCUT2D eigenvalue weighted by molar-refractivity contribution is 5.69. The van der Waals surface area contributed by atoms with Crippen molar-refractivity contribution in [1.82, 2.24) is 0 Å². The number of carbonyl (C=O) groups is 2. The van der Waals surface area contributed by atoms with E-state index in [0.717, 1.165) is 25.2 Å². The van der Waals surface area contributed by atoms with Crippen LogP contribution in [0.5, 0.6) is 0 Å². The number of hydrogen-bond donors (Lipinski definition) is 0. The van der Waals surface area contributed by atoms with Gasteiger partial charge in [-0.2, -0.15) is 0 Å². The molecule has 106 valence electrons. The Bertz CT molecular complexity index is 348. The Morgan fingerprint density at radius 1 is 1.26 bits per heavy atom. The summed E-state index contributed by atoms with van der Waals surface area (Å²) in [7, 11) is 1.42. The summed E-state index contributed by atoms with van der Waals surface area (Å²) in [5.41, 5.74) is 0. The fourth-order valence-corrected chi connectivity index (χ4v) is 3.85. The summed E-state index contributed by atoms with van der Waals surface area (Å²) in [6.07, 6.45) is 12.7. The molecule has 2 fully saturated rings. The van der Waals surface area contributed by atoms with Gasteiger partial charge in [-0.3, -0.25) is 4.79 Å². The van der Waals surface area contributed by atoms with Crippen molar-refractivity contribution in [3.05, 3.63) is 12.2 Å². The summed E-state index contributed by atoms with van der Waals surface area (Å²) in [5.74, 6) is 2.19. The van der Waals surface area contributed by atoms with Crippen molar-refractivity contribution < 1.29 is 14.3 Å². The molecule has 2 bridgehead atoms. The first-order chi connectivity index (χ1) is 9.26. The van der Waals surface area contributed by atoms with E-state index in [9.17, 15) is 9.59 Å². The number of allylic oxidation sites excluding steroid dienone is 2. The number of fused-ring (bicyclic) bond motifs is 2. The Morgan fingerprint density at radius 2 is 2.05 bits per heavy atom. The van der Waals surface area contributed by atoms with Gasteiger partial charge < -0.3 is 9.53 Å². The van der Waals surface area contributed by atoms with Gasteiger partial charge in [0.05, 0.1) is 7.11 Å². The Kier molecular flexibility index (Phi) is 5.17. The largest absolute Gasteiger partial charge is 0.469 e. The van der Waals surface area contributed by atoms with Crippen LogP contribution in [0.3, 0.4) is 0 Å². The molecule has 3 nitrogen and oxygen atoms in total. The molecule has 2 aliphatic rings. The predicted molar refractivity (Wildman–Crippen MR) is 73.5 cm³/mol. The Hall–Kier alpha value is -1.12. The molecule has 0 heterocycles. The molecule has 4 unspecified atom stereocenters. The number of ether oxygens (including phenoxy) is 1. The minimum Gasteiger partial charge on any atom is -0.469 e. The number of esters is 1. The van der Waals surface area contributed by atoms with Crippen LogP contribution in [-0.2, 0) is 14.3 Å². The molecule has 2 rings (SSSR count). The molecular formula is C16H24O3. The molecule has 2 saturated carbocycles. The zero-order valence-corrected chi connectivity index (χ0v) is 11.7. The van der Waals surface area contributed by atoms with E-state index in [1.54, 1.807) is 0 Å². The molecule has 0 aromatic heterocycles. The summed E-state index contributed by atoms with van der Waals surface area (Å²) in [5, 5.41) is 0. The summed E-state index contributed by atoms with van der Waals surface area (Å²) >= 11 is 0. The maximum absolute atomic E-state index is 11.2. The van der Waals surface area contributed by atoms with Crippen LogP contribution in [0.25, 0.3) is 0 Å². The van der Waals surface area contributed by atoms with Gasteiger partial charge in [0, 0.05) is 12.3 Å². The third-order valence-electron chi connectivity index (χ3n) is 4.87. The van der Waals surface area contributed by atoms with Gasteiger partial charge >= 0.3 is 5.97 Å². The average Bonchev–Trinajstić information content (AvgIpc) is 3.02. The Morgan fingerprint density at radius 3 is 2.79 bits per heavy atom. The van der Waals surface area contributed by atoms with E-state index >= 15 is 0 Å². The molecule has 0 aromatic carbocycles. The second-order valence-electron chi connectivity index (χ2n) is 5.89. The molecule has 0 aromatic rings. The third kappa shape index (κ3) is 3.46. The van der Waals surface area contributed by atoms with Crippen LogP contribution < -0.4 is 0 Å². The summed E-state index contributed by atoms with van der Waals surface area (Å²) in [6, 6.07) is 0. The van der Waals surface area contributed by atoms with Crippen molar-refractivity contribution >= 4 is 12.3 Å². The van der Waals surface area contributed by atoms with Gasteiger partial charge in [-0.25, -0.2) is 0 Å². The van der Waals surface area contributed by atoms with E-state index in [1.165, 1.54) is 32.7 Å². The van der Waals surface area contributed by atoms with Gasteiger partial charge in [0.25, 0.3) is 0 Å². The molecule has 0 amide bonds. The standard InChI is InChI=1S/C16H24O3/c1-19-16(18)7-5-3-2-4-6-14-12-8-9-13(10-12)15(14)11-17/h2,4,11-15H,3,5-10H2,1H3/b4-2-. The first-order valence-electron chi connectivity index (χ1n) is 7.43. The molecule has 0 spiro atoms. The predicted octanol–water partition coefficient (Wildman–Crippen LogP) is 3.14. The zero-order valence-electron chi connectivity index (χ0n) is 11.7. The first-order valence-corrected chi connectivity index (χ1v) is 7.43. The van der Waals surface area contributed by atoms with Gasteiger partial charge in [0.15, 0.2) is 0 Å². The number of methoxy groups -OCH3 is 1. The van der Waals surface area contributed by atoms with Crippen molar-refractivity contribution in [2.45, 2.75) is 44.9 Å². The number of hydrogen-bond acceptors (Lipinski definition) is 3. The van der Waals surface area contributed by atoms with Crippen LogP contribution >= 0.6 is 0 Å². The summed E-state index contributed by atoms with van der Waals surface area (Å²) in [6.45, 7) is 0. The fourth-order valence-electron chi connectivity index (χ4n) is 3.85. The van der Waals surface area contributed by atoms with Gasteiger partial charge in [-0.1, -0.05) is 12.2 Å². The van der Waals surface area contributed by atoms with Crippen molar-refractivity contribution in [2.75, 3.05) is 7.11 Å². The smallest absolute Gasteiger partial charge is 0.305 e. The van der Waals surface area contributed by atoms with Crippen molar-refractivity contribution in [2.24, 2.45) is 23.7 Å². The lowest BCUT2D eigenvalue weighted by atomic mass is 9.78. The molecule has 4 atom stereocenters. The lowest BCUT2D eigenvalue weighted by molar-refractivity contribution is -0.140. The monoisotopic (exact) mass is 264 g/mol. The fraction of sp³-hybridized carbons (Fsp3) is 0.750. The summed E-state index contributed by atoms with van der Waals surface area (Å²) in [4.78, 5) is 22.1. The third-order valence-corrected chi connectivity index (χ3v) is 4.87. The Balaban J connectivity index is 1.67. The molecule has 3 heteroatoms. The van der Waals surface area contributed by atoms with Gasteiger partial charge in [0.1, 0.15) is 6.29 Å². The maximum atomic E-state index is 11.2. The second kappa shape index (κ2) is 6.88. The Labute approximate surface area is 115 Å². The van der Waals surface area contributed by atoms with Crippen LogP contribution in [0, 0.1) is 23.7 Å². The van der Waals surface area contributed by atoms with E-state index in [2.05, 4.69) is 16.9 Å². The van der Waals surface area contributed by atoms with Crippen LogP contribution in [-0.4, -0.2) is 19.4 Å². The van der Waals surface area contributed by atoms with Gasteiger partial charge in [-0.15, -0.1) is 0 Å². The molecule has 0 radical (unpaired) electrons. The normalized spacial score (nSPS) is 32.9. The minimum absolute atomic E-state index is 0.137. The molecule has 0 saturated heterocycles. The van der Waals surface area contributed by atoms with Gasteiger partial charge in [0.2, 0.25) is 0 Å². The van der Waals surface area contributed by atoms with E-state index in [1.807, 2.05) is 0 Å². The van der Waals surface area contributed by atoms with Crippen molar-refractivity contribution in [3.8, 4) is 0 Å². The number of carbonyl (C=O) groups excluding carboxylic acids is 2. The minimum atomic E-state index is -0.137. The van der Waals surface area contributed by atoms with E-state index in [4.69, 9.17) is 0 Å². The molecule has 0 aliphatic heterocycles. The van der Waals surface area contributed by atoms with E-state index in [-0.39, 0.29) is 5.97 Å². The molecule has 2 aliphatic carbocycles. The van der Waals surface area contributed by atoms with Crippen LogP contribution in [0.1, 0.15) is 44.9 Å². The van der Waals surface area contributed by atoms with E-state index < -0.39 is 0 Å². The lowest BCUT2D eigenvalue weighted by Gasteiger charge is -2.26. The van der Waals surface area contributed by atoms with E-state index in [0.29, 0.717) is 24.2 Å². The van der Waals surface area contributed by atoms with Crippen LogP contribution in [0.2, 0.25) is 0 Å². The second-order valence-corrected chi connectivity index (χ2v) is 5.89. The number of aldehydes is 1. The molecular weight excluding hydrogens is 240 g/mol. The highest BCUT2D eigenvalue weighted by Crippen LogP contribution is 2.52. The SMILES string of the molecule is COC(=O)CCC/C=C\CC1C2CCC(C2)C1C=O. The van der Waals surface area contributed by atoms with Gasteiger partial charge in [-0.05, 0) is 56.3 Å². The quantitative estimate of drug-likeness (QED) is 0.307. The summed E-state index contributed by atoms with van der Waals surface area (Å²) < 4.78 is 4.60. The average molecular weight is 264 g/mol. The lowest BCUT2D eigenvalue weighted by Crippen LogP contribution is -2.22. The topological polar surface area (TPSA) is 43.4 Å². The molecule has 19 heavy (non-hydrogen) atoms. The highest BCUT2D eigenvalue weighted by atomic mass is 16.5. The van der Waals surface area contributed by atoms with Crippen molar-refractivity contribution in [3.63, 3.8) is 0 Å².